The van der Waals surface area contributed by atoms with E-state index in [0.717, 1.165) is 0 Å². The minimum absolute atomic E-state index is 0.147. The lowest BCUT2D eigenvalue weighted by molar-refractivity contribution is -0.392. The Kier molecular flexibility index (Phi) is 8.75. The Labute approximate surface area is 198 Å². The van der Waals surface area contributed by atoms with Gasteiger partial charge in [0.2, 0.25) is 11.7 Å². The standard InChI is InChI=1S/C16H8F17O4P/c17-8(10(19,20)12(23,24)14(27,28)15(29,30)31)9(18)11(21,22)13(25,26)16(32,33)37-7-3-1-6(2-4-7)5-38(34,35)36/h1-4H,5H2,(H2,34,35,36)/p-1/b9-8+. The van der Waals surface area contributed by atoms with E-state index in [2.05, 4.69) is 4.74 Å². The molecule has 0 spiro atoms. The van der Waals surface area contributed by atoms with Crippen LogP contribution in [0.5, 0.6) is 5.75 Å². The predicted octanol–water partition coefficient (Wildman–Crippen LogP) is 5.52. The van der Waals surface area contributed by atoms with Crippen LogP contribution < -0.4 is 14.5 Å². The van der Waals surface area contributed by atoms with Crippen LogP contribution in [0.25, 0.3) is 0 Å². The molecule has 1 aromatic rings. The molecular formula is C16H7F17O4P-. The van der Waals surface area contributed by atoms with Crippen molar-refractivity contribution in [2.24, 2.45) is 0 Å². The number of hydrogen-bond acceptors (Lipinski definition) is 4. The van der Waals surface area contributed by atoms with Crippen molar-refractivity contribution in [2.45, 2.75) is 48.1 Å². The fourth-order valence-corrected chi connectivity index (χ4v) is 2.89. The SMILES string of the molecule is [O-][P+]([O-])(O)Cc1ccc(OC(F)(F)C(F)(F)C(F)(F)/C(F)=C(\F)C(F)(F)C(F)(F)C(F)(F)C(F)(F)F)cc1. The molecule has 0 aromatic heterocycles. The summed E-state index contributed by atoms with van der Waals surface area (Å²) in [4.78, 5) is 30.0. The Morgan fingerprint density at radius 2 is 1.03 bits per heavy atom. The molecule has 1 N–H and O–H groups in total. The van der Waals surface area contributed by atoms with Crippen LogP contribution in [0.3, 0.4) is 0 Å². The second-order valence-electron chi connectivity index (χ2n) is 7.06. The fourth-order valence-electron chi connectivity index (χ4n) is 2.22. The molecule has 22 heteroatoms. The molecule has 0 saturated carbocycles. The van der Waals surface area contributed by atoms with Crippen LogP contribution in [0.4, 0.5) is 74.6 Å². The average molecular weight is 617 g/mol. The van der Waals surface area contributed by atoms with Gasteiger partial charge in [-0.2, -0.15) is 65.9 Å². The van der Waals surface area contributed by atoms with Crippen molar-refractivity contribution in [1.29, 1.82) is 0 Å². The molecular weight excluding hydrogens is 610 g/mol. The Balaban J connectivity index is 3.47. The third kappa shape index (κ3) is 5.89. The molecule has 38 heavy (non-hydrogen) atoms. The summed E-state index contributed by atoms with van der Waals surface area (Å²) in [5.74, 6) is -51.6. The topological polar surface area (TPSA) is 75.6 Å². The van der Waals surface area contributed by atoms with Crippen LogP contribution in [-0.2, 0) is 6.16 Å². The zero-order valence-corrected chi connectivity index (χ0v) is 18.0. The van der Waals surface area contributed by atoms with E-state index in [0.29, 0.717) is 12.1 Å². The van der Waals surface area contributed by atoms with Crippen molar-refractivity contribution >= 4 is 7.94 Å². The molecule has 0 heterocycles. The Bertz CT molecular complexity index is 1030. The highest BCUT2D eigenvalue weighted by atomic mass is 31.2. The van der Waals surface area contributed by atoms with Gasteiger partial charge in [0.25, 0.3) is 0 Å². The van der Waals surface area contributed by atoms with Crippen LogP contribution in [0.2, 0.25) is 0 Å². The molecule has 0 aliphatic rings. The van der Waals surface area contributed by atoms with E-state index in [-0.39, 0.29) is 12.1 Å². The summed E-state index contributed by atoms with van der Waals surface area (Å²) in [7, 11) is -5.02. The molecule has 1 aromatic carbocycles. The molecule has 0 fully saturated rings. The first-order chi connectivity index (χ1) is 16.5. The maximum atomic E-state index is 13.8. The van der Waals surface area contributed by atoms with E-state index in [1.165, 1.54) is 0 Å². The lowest BCUT2D eigenvalue weighted by atomic mass is 9.99. The lowest BCUT2D eigenvalue weighted by Gasteiger charge is -2.34. The Morgan fingerprint density at radius 1 is 0.658 bits per heavy atom. The van der Waals surface area contributed by atoms with Gasteiger partial charge in [-0.3, -0.25) is 4.89 Å². The molecule has 0 atom stereocenters. The van der Waals surface area contributed by atoms with E-state index < -0.39 is 79.0 Å². The van der Waals surface area contributed by atoms with Gasteiger partial charge < -0.3 is 14.5 Å². The number of alkyl halides is 15. The lowest BCUT2D eigenvalue weighted by Crippen LogP contribution is -2.62. The van der Waals surface area contributed by atoms with E-state index in [4.69, 9.17) is 4.89 Å². The molecule has 0 aliphatic heterocycles. The first-order valence-electron chi connectivity index (χ1n) is 8.68. The van der Waals surface area contributed by atoms with Gasteiger partial charge in [-0.05, 0) is 17.7 Å². The molecule has 0 radical (unpaired) electrons. The number of rotatable bonds is 10. The molecule has 0 bridgehead atoms. The second-order valence-corrected chi connectivity index (χ2v) is 8.65. The molecule has 4 nitrogen and oxygen atoms in total. The number of hydrogen-bond donors (Lipinski definition) is 1. The van der Waals surface area contributed by atoms with E-state index in [1.807, 2.05) is 0 Å². The maximum absolute atomic E-state index is 13.8. The summed E-state index contributed by atoms with van der Waals surface area (Å²) < 4.78 is 227. The van der Waals surface area contributed by atoms with Crippen LogP contribution in [0.15, 0.2) is 35.9 Å². The summed E-state index contributed by atoms with van der Waals surface area (Å²) in [6, 6.07) is 1.19. The third-order valence-corrected chi connectivity index (χ3v) is 4.97. The number of ether oxygens (including phenoxy) is 1. The highest BCUT2D eigenvalue weighted by Gasteiger charge is 2.84. The second kappa shape index (κ2) is 9.81. The molecule has 0 amide bonds. The van der Waals surface area contributed by atoms with Crippen LogP contribution in [-0.4, -0.2) is 46.8 Å². The van der Waals surface area contributed by atoms with Crippen LogP contribution in [0.1, 0.15) is 5.56 Å². The average Bonchev–Trinajstić information content (AvgIpc) is 2.71. The van der Waals surface area contributed by atoms with Crippen molar-refractivity contribution in [3.05, 3.63) is 41.5 Å². The molecule has 0 aliphatic carbocycles. The summed E-state index contributed by atoms with van der Waals surface area (Å²) in [5, 5.41) is 0. The minimum Gasteiger partial charge on any atom is -0.659 e. The highest BCUT2D eigenvalue weighted by Crippen LogP contribution is 2.58. The highest BCUT2D eigenvalue weighted by molar-refractivity contribution is 7.54. The molecule has 1 rings (SSSR count). The van der Waals surface area contributed by atoms with Gasteiger partial charge >= 0.3 is 41.9 Å². The normalized spacial score (nSPS) is 15.9. The zero-order chi connectivity index (χ0) is 30.6. The van der Waals surface area contributed by atoms with Gasteiger partial charge in [-0.1, -0.05) is 12.1 Å². The van der Waals surface area contributed by atoms with Crippen molar-refractivity contribution in [1.82, 2.24) is 0 Å². The summed E-state index contributed by atoms with van der Waals surface area (Å²) in [6.07, 6.45) is -15.6. The van der Waals surface area contributed by atoms with Crippen molar-refractivity contribution in [2.75, 3.05) is 0 Å². The van der Waals surface area contributed by atoms with Gasteiger partial charge in [0.1, 0.15) is 11.9 Å². The predicted molar refractivity (Wildman–Crippen MR) is 84.9 cm³/mol. The number of halogens is 17. The quantitative estimate of drug-likeness (QED) is 0.277. The van der Waals surface area contributed by atoms with Gasteiger partial charge in [-0.25, -0.2) is 8.78 Å². The Hall–Kier alpha value is -2.12. The fraction of sp³-hybridized carbons (Fsp3) is 0.500. The maximum Gasteiger partial charge on any atom is 0.471 e. The molecule has 220 valence electrons. The minimum atomic E-state index is -8.16. The number of allylic oxidation sites excluding steroid dienone is 2. The van der Waals surface area contributed by atoms with E-state index in [1.54, 1.807) is 0 Å². The van der Waals surface area contributed by atoms with E-state index >= 15 is 0 Å². The molecule has 0 saturated heterocycles. The Morgan fingerprint density at radius 3 is 1.37 bits per heavy atom. The van der Waals surface area contributed by atoms with Gasteiger partial charge in [-0.15, -0.1) is 0 Å². The number of benzene rings is 1. The van der Waals surface area contributed by atoms with Crippen LogP contribution in [0, 0.1) is 0 Å². The van der Waals surface area contributed by atoms with Crippen molar-refractivity contribution < 1.29 is 94.1 Å². The van der Waals surface area contributed by atoms with Gasteiger partial charge in [0.05, 0.1) is 7.94 Å². The summed E-state index contributed by atoms with van der Waals surface area (Å²) in [6.45, 7) is 0. The smallest absolute Gasteiger partial charge is 0.471 e. The van der Waals surface area contributed by atoms with Crippen molar-refractivity contribution in [3.8, 4) is 5.75 Å². The monoisotopic (exact) mass is 617 g/mol. The van der Waals surface area contributed by atoms with Gasteiger partial charge in [0, 0.05) is 0 Å². The first kappa shape index (κ1) is 33.9. The van der Waals surface area contributed by atoms with Crippen molar-refractivity contribution in [3.63, 3.8) is 0 Å². The third-order valence-electron chi connectivity index (χ3n) is 4.20. The zero-order valence-electron chi connectivity index (χ0n) is 17.1. The molecule has 0 unspecified atom stereocenters. The summed E-state index contributed by atoms with van der Waals surface area (Å²) in [5.41, 5.74) is -0.451. The first-order valence-corrected chi connectivity index (χ1v) is 10.4. The summed E-state index contributed by atoms with van der Waals surface area (Å²) >= 11 is 0. The van der Waals surface area contributed by atoms with Gasteiger partial charge in [0.15, 0.2) is 0 Å². The van der Waals surface area contributed by atoms with Crippen LogP contribution >= 0.6 is 7.94 Å². The van der Waals surface area contributed by atoms with E-state index in [9.17, 15) is 84.4 Å². The largest absolute Gasteiger partial charge is 0.659 e.